The molecule has 5 heteroatoms. The number of aliphatic carboxylic acids is 1. The molecule has 5 nitrogen and oxygen atoms in total. The largest absolute Gasteiger partial charge is 0.480 e. The number of rotatable bonds is 5. The number of hydrogen-bond donors (Lipinski definition) is 2. The van der Waals surface area contributed by atoms with Crippen LogP contribution in [0.3, 0.4) is 0 Å². The molecule has 1 aromatic rings. The highest BCUT2D eigenvalue weighted by Crippen LogP contribution is 2.20. The molecule has 0 aromatic heterocycles. The van der Waals surface area contributed by atoms with Crippen LogP contribution in [-0.4, -0.2) is 41.0 Å². The molecule has 114 valence electrons. The SMILES string of the molecule is CC(C)c1cccc(NC(=O)CN2CCC[C@H]2C(=O)O)c1. The monoisotopic (exact) mass is 290 g/mol. The van der Waals surface area contributed by atoms with Gasteiger partial charge in [0.25, 0.3) is 0 Å². The van der Waals surface area contributed by atoms with Crippen molar-refractivity contribution in [3.63, 3.8) is 0 Å². The minimum absolute atomic E-state index is 0.128. The Morgan fingerprint density at radius 1 is 1.43 bits per heavy atom. The van der Waals surface area contributed by atoms with Crippen molar-refractivity contribution in [1.82, 2.24) is 4.90 Å². The van der Waals surface area contributed by atoms with E-state index >= 15 is 0 Å². The molecule has 1 saturated heterocycles. The van der Waals surface area contributed by atoms with Crippen molar-refractivity contribution in [2.24, 2.45) is 0 Å². The Hall–Kier alpha value is -1.88. The molecule has 0 spiro atoms. The molecule has 1 aliphatic rings. The molecule has 0 aliphatic carbocycles. The second-order valence-corrected chi connectivity index (χ2v) is 5.80. The summed E-state index contributed by atoms with van der Waals surface area (Å²) in [5, 5.41) is 12.0. The molecule has 21 heavy (non-hydrogen) atoms. The van der Waals surface area contributed by atoms with E-state index in [4.69, 9.17) is 5.11 Å². The summed E-state index contributed by atoms with van der Waals surface area (Å²) >= 11 is 0. The number of anilines is 1. The molecule has 0 unspecified atom stereocenters. The van der Waals surface area contributed by atoms with Gasteiger partial charge in [-0.1, -0.05) is 26.0 Å². The average Bonchev–Trinajstić information content (AvgIpc) is 2.87. The molecule has 1 atom stereocenters. The van der Waals surface area contributed by atoms with E-state index in [0.717, 1.165) is 17.7 Å². The average molecular weight is 290 g/mol. The van der Waals surface area contributed by atoms with Crippen LogP contribution in [0, 0.1) is 0 Å². The molecule has 2 rings (SSSR count). The fraction of sp³-hybridized carbons (Fsp3) is 0.500. The smallest absolute Gasteiger partial charge is 0.320 e. The van der Waals surface area contributed by atoms with Crippen molar-refractivity contribution in [1.29, 1.82) is 0 Å². The molecule has 0 radical (unpaired) electrons. The Morgan fingerprint density at radius 2 is 2.19 bits per heavy atom. The highest BCUT2D eigenvalue weighted by atomic mass is 16.4. The second kappa shape index (κ2) is 6.72. The summed E-state index contributed by atoms with van der Waals surface area (Å²) in [7, 11) is 0. The fourth-order valence-corrected chi connectivity index (χ4v) is 2.66. The maximum Gasteiger partial charge on any atom is 0.320 e. The summed E-state index contributed by atoms with van der Waals surface area (Å²) in [4.78, 5) is 24.9. The summed E-state index contributed by atoms with van der Waals surface area (Å²) in [5.41, 5.74) is 1.93. The van der Waals surface area contributed by atoms with Gasteiger partial charge in [0.15, 0.2) is 0 Å². The van der Waals surface area contributed by atoms with E-state index in [-0.39, 0.29) is 12.5 Å². The summed E-state index contributed by atoms with van der Waals surface area (Å²) in [6, 6.07) is 7.23. The lowest BCUT2D eigenvalue weighted by atomic mass is 10.0. The first-order chi connectivity index (χ1) is 9.97. The van der Waals surface area contributed by atoms with Crippen LogP contribution in [0.5, 0.6) is 0 Å². The predicted octanol–water partition coefficient (Wildman–Crippen LogP) is 2.30. The van der Waals surface area contributed by atoms with Gasteiger partial charge in [-0.2, -0.15) is 0 Å². The molecule has 0 bridgehead atoms. The Balaban J connectivity index is 1.95. The number of amides is 1. The second-order valence-electron chi connectivity index (χ2n) is 5.80. The molecule has 1 amide bonds. The van der Waals surface area contributed by atoms with Crippen molar-refractivity contribution in [3.8, 4) is 0 Å². The van der Waals surface area contributed by atoms with Crippen LogP contribution in [0.1, 0.15) is 38.2 Å². The van der Waals surface area contributed by atoms with Crippen LogP contribution in [0.15, 0.2) is 24.3 Å². The van der Waals surface area contributed by atoms with Gasteiger partial charge < -0.3 is 10.4 Å². The van der Waals surface area contributed by atoms with Crippen molar-refractivity contribution >= 4 is 17.6 Å². The van der Waals surface area contributed by atoms with E-state index in [1.54, 1.807) is 4.90 Å². The molecule has 1 heterocycles. The third-order valence-electron chi connectivity index (χ3n) is 3.83. The fourth-order valence-electron chi connectivity index (χ4n) is 2.66. The zero-order valence-corrected chi connectivity index (χ0v) is 12.5. The summed E-state index contributed by atoms with van der Waals surface area (Å²) in [5.74, 6) is -0.608. The van der Waals surface area contributed by atoms with Crippen LogP contribution < -0.4 is 5.32 Å². The lowest BCUT2D eigenvalue weighted by molar-refractivity contribution is -0.142. The topological polar surface area (TPSA) is 69.6 Å². The Labute approximate surface area is 125 Å². The van der Waals surface area contributed by atoms with E-state index in [0.29, 0.717) is 18.9 Å². The standard InChI is InChI=1S/C16H22N2O3/c1-11(2)12-5-3-6-13(9-12)17-15(19)10-18-8-4-7-14(18)16(20)21/h3,5-6,9,11,14H,4,7-8,10H2,1-2H3,(H,17,19)(H,20,21)/t14-/m0/s1. The maximum absolute atomic E-state index is 12.1. The molecule has 1 fully saturated rings. The van der Waals surface area contributed by atoms with Crippen LogP contribution in [0.2, 0.25) is 0 Å². The van der Waals surface area contributed by atoms with Gasteiger partial charge in [0.2, 0.25) is 5.91 Å². The Morgan fingerprint density at radius 3 is 2.86 bits per heavy atom. The van der Waals surface area contributed by atoms with E-state index in [1.165, 1.54) is 0 Å². The van der Waals surface area contributed by atoms with Gasteiger partial charge in [-0.25, -0.2) is 0 Å². The van der Waals surface area contributed by atoms with Crippen LogP contribution in [0.4, 0.5) is 5.69 Å². The van der Waals surface area contributed by atoms with Crippen molar-refractivity contribution in [2.45, 2.75) is 38.6 Å². The van der Waals surface area contributed by atoms with Gasteiger partial charge >= 0.3 is 5.97 Å². The Kier molecular flexibility index (Phi) is 4.96. The van der Waals surface area contributed by atoms with Crippen molar-refractivity contribution in [3.05, 3.63) is 29.8 Å². The molecule has 1 aromatic carbocycles. The molecular weight excluding hydrogens is 268 g/mol. The summed E-state index contributed by atoms with van der Waals surface area (Å²) in [6.45, 7) is 4.99. The van der Waals surface area contributed by atoms with E-state index in [2.05, 4.69) is 19.2 Å². The highest BCUT2D eigenvalue weighted by molar-refractivity contribution is 5.92. The van der Waals surface area contributed by atoms with E-state index < -0.39 is 12.0 Å². The Bertz CT molecular complexity index is 528. The van der Waals surface area contributed by atoms with Gasteiger partial charge in [0, 0.05) is 5.69 Å². The zero-order chi connectivity index (χ0) is 15.4. The lowest BCUT2D eigenvalue weighted by Gasteiger charge is -2.20. The first kappa shape index (κ1) is 15.5. The first-order valence-electron chi connectivity index (χ1n) is 7.34. The minimum Gasteiger partial charge on any atom is -0.480 e. The van der Waals surface area contributed by atoms with Gasteiger partial charge in [0.05, 0.1) is 6.54 Å². The highest BCUT2D eigenvalue weighted by Gasteiger charge is 2.31. The number of carbonyl (C=O) groups is 2. The molecule has 1 aliphatic heterocycles. The van der Waals surface area contributed by atoms with E-state index in [9.17, 15) is 9.59 Å². The first-order valence-corrected chi connectivity index (χ1v) is 7.34. The maximum atomic E-state index is 12.1. The van der Waals surface area contributed by atoms with Gasteiger partial charge in [-0.15, -0.1) is 0 Å². The van der Waals surface area contributed by atoms with Crippen LogP contribution in [-0.2, 0) is 9.59 Å². The van der Waals surface area contributed by atoms with E-state index in [1.807, 2.05) is 24.3 Å². The summed E-state index contributed by atoms with van der Waals surface area (Å²) < 4.78 is 0. The normalized spacial score (nSPS) is 18.9. The number of benzene rings is 1. The van der Waals surface area contributed by atoms with Gasteiger partial charge in [0.1, 0.15) is 6.04 Å². The zero-order valence-electron chi connectivity index (χ0n) is 12.5. The number of hydrogen-bond acceptors (Lipinski definition) is 3. The number of likely N-dealkylation sites (tertiary alicyclic amines) is 1. The van der Waals surface area contributed by atoms with Crippen molar-refractivity contribution < 1.29 is 14.7 Å². The van der Waals surface area contributed by atoms with Crippen LogP contribution in [0.25, 0.3) is 0 Å². The molecule has 0 saturated carbocycles. The number of nitrogens with zero attached hydrogens (tertiary/aromatic N) is 1. The van der Waals surface area contributed by atoms with Crippen LogP contribution >= 0.6 is 0 Å². The molecule has 2 N–H and O–H groups in total. The molecular formula is C16H22N2O3. The predicted molar refractivity (Wildman–Crippen MR) is 81.4 cm³/mol. The van der Waals surface area contributed by atoms with Gasteiger partial charge in [-0.05, 0) is 43.0 Å². The third kappa shape index (κ3) is 4.04. The van der Waals surface area contributed by atoms with Crippen molar-refractivity contribution in [2.75, 3.05) is 18.4 Å². The number of carboxylic acids is 1. The number of carboxylic acid groups (broad SMARTS) is 1. The quantitative estimate of drug-likeness (QED) is 0.873. The summed E-state index contributed by atoms with van der Waals surface area (Å²) in [6.07, 6.45) is 1.44. The number of carbonyl (C=O) groups excluding carboxylic acids is 1. The van der Waals surface area contributed by atoms with Gasteiger partial charge in [-0.3, -0.25) is 14.5 Å². The lowest BCUT2D eigenvalue weighted by Crippen LogP contribution is -2.40. The minimum atomic E-state index is -0.845. The number of nitrogens with one attached hydrogen (secondary N) is 1. The third-order valence-corrected chi connectivity index (χ3v) is 3.83.